The highest BCUT2D eigenvalue weighted by atomic mass is 35.5. The summed E-state index contributed by atoms with van der Waals surface area (Å²) in [4.78, 5) is 12.8. The number of aryl methyl sites for hydroxylation is 2. The number of hydrogen-bond donors (Lipinski definition) is 0. The highest BCUT2D eigenvalue weighted by Crippen LogP contribution is 2.30. The van der Waals surface area contributed by atoms with Crippen molar-refractivity contribution in [3.05, 3.63) is 50.4 Å². The minimum Gasteiger partial charge on any atom is -0.289 e. The van der Waals surface area contributed by atoms with Gasteiger partial charge in [0.15, 0.2) is 0 Å². The Morgan fingerprint density at radius 3 is 2.37 bits per heavy atom. The van der Waals surface area contributed by atoms with Gasteiger partial charge in [0.25, 0.3) is 5.56 Å². The van der Waals surface area contributed by atoms with Crippen molar-refractivity contribution in [2.75, 3.05) is 0 Å². The number of nitrogens with zero attached hydrogens (tertiary/aromatic N) is 2. The van der Waals surface area contributed by atoms with Crippen molar-refractivity contribution in [2.24, 2.45) is 14.1 Å². The number of halogens is 1. The summed E-state index contributed by atoms with van der Waals surface area (Å²) in [6.07, 6.45) is 0. The van der Waals surface area contributed by atoms with Gasteiger partial charge in [-0.3, -0.25) is 14.2 Å². The van der Waals surface area contributed by atoms with Crippen molar-refractivity contribution in [3.63, 3.8) is 0 Å². The molecule has 0 bridgehead atoms. The highest BCUT2D eigenvalue weighted by molar-refractivity contribution is 7.98. The molecule has 0 radical (unpaired) electrons. The first-order valence-electron chi connectivity index (χ1n) is 6.01. The second-order valence-corrected chi connectivity index (χ2v) is 6.10. The van der Waals surface area contributed by atoms with Gasteiger partial charge in [-0.15, -0.1) is 11.8 Å². The molecule has 0 amide bonds. The molecular formula is C14H17ClN2OS. The largest absolute Gasteiger partial charge is 0.289 e. The summed E-state index contributed by atoms with van der Waals surface area (Å²) in [5.74, 6) is 0.772. The molecule has 0 saturated carbocycles. The van der Waals surface area contributed by atoms with Crippen LogP contribution in [0.3, 0.4) is 0 Å². The maximum absolute atomic E-state index is 11.6. The van der Waals surface area contributed by atoms with E-state index in [9.17, 15) is 4.79 Å². The molecular weight excluding hydrogens is 280 g/mol. The Balaban J connectivity index is 2.21. The molecule has 0 saturated heterocycles. The van der Waals surface area contributed by atoms with Crippen LogP contribution in [0.2, 0.25) is 5.02 Å². The van der Waals surface area contributed by atoms with Crippen LogP contribution in [0.1, 0.15) is 16.8 Å². The second-order valence-electron chi connectivity index (χ2n) is 4.68. The first-order valence-corrected chi connectivity index (χ1v) is 7.38. The fourth-order valence-electron chi connectivity index (χ4n) is 1.87. The van der Waals surface area contributed by atoms with Crippen molar-refractivity contribution >= 4 is 23.4 Å². The summed E-state index contributed by atoms with van der Waals surface area (Å²) >= 11 is 7.82. The zero-order chi connectivity index (χ0) is 14.2. The number of aromatic nitrogens is 2. The number of rotatable bonds is 3. The standard InChI is InChI=1S/C14H17ClN2OS/c1-9-6-13(10(2)5-12(9)15)19-8-11-7-14(18)17(4)16(11)3/h5-7H,8H2,1-4H3. The van der Waals surface area contributed by atoms with E-state index in [0.29, 0.717) is 0 Å². The summed E-state index contributed by atoms with van der Waals surface area (Å²) in [6, 6.07) is 5.78. The van der Waals surface area contributed by atoms with Crippen LogP contribution in [-0.4, -0.2) is 9.36 Å². The van der Waals surface area contributed by atoms with Gasteiger partial charge in [-0.05, 0) is 37.1 Å². The van der Waals surface area contributed by atoms with Crippen LogP contribution < -0.4 is 5.56 Å². The number of thioether (sulfide) groups is 1. The van der Waals surface area contributed by atoms with Crippen LogP contribution in [0.4, 0.5) is 0 Å². The monoisotopic (exact) mass is 296 g/mol. The maximum atomic E-state index is 11.6. The Morgan fingerprint density at radius 1 is 1.11 bits per heavy atom. The average Bonchev–Trinajstić information content (AvgIpc) is 2.60. The third-order valence-electron chi connectivity index (χ3n) is 3.31. The molecule has 0 aliphatic carbocycles. The van der Waals surface area contributed by atoms with Gasteiger partial charge >= 0.3 is 0 Å². The summed E-state index contributed by atoms with van der Waals surface area (Å²) in [6.45, 7) is 4.06. The van der Waals surface area contributed by atoms with Crippen LogP contribution in [0, 0.1) is 13.8 Å². The molecule has 2 aromatic rings. The van der Waals surface area contributed by atoms with E-state index in [1.54, 1.807) is 29.6 Å². The molecule has 0 unspecified atom stereocenters. The quantitative estimate of drug-likeness (QED) is 0.813. The topological polar surface area (TPSA) is 26.9 Å². The zero-order valence-corrected chi connectivity index (χ0v) is 13.1. The van der Waals surface area contributed by atoms with Crippen LogP contribution >= 0.6 is 23.4 Å². The molecule has 0 spiro atoms. The highest BCUT2D eigenvalue weighted by Gasteiger charge is 2.08. The summed E-state index contributed by atoms with van der Waals surface area (Å²) in [7, 11) is 3.67. The van der Waals surface area contributed by atoms with Crippen molar-refractivity contribution < 1.29 is 0 Å². The third kappa shape index (κ3) is 2.90. The smallest absolute Gasteiger partial charge is 0.266 e. The van der Waals surface area contributed by atoms with Crippen LogP contribution in [0.25, 0.3) is 0 Å². The Bertz CT molecular complexity index is 673. The molecule has 0 aliphatic rings. The van der Waals surface area contributed by atoms with Gasteiger partial charge < -0.3 is 0 Å². The molecule has 0 fully saturated rings. The van der Waals surface area contributed by atoms with E-state index in [-0.39, 0.29) is 5.56 Å². The molecule has 3 nitrogen and oxygen atoms in total. The molecule has 1 heterocycles. The van der Waals surface area contributed by atoms with Gasteiger partial charge in [-0.25, -0.2) is 0 Å². The SMILES string of the molecule is Cc1cc(SCc2cc(=O)n(C)n2C)c(C)cc1Cl. The Labute approximate surface area is 122 Å². The van der Waals surface area contributed by atoms with E-state index in [2.05, 4.69) is 13.0 Å². The summed E-state index contributed by atoms with van der Waals surface area (Å²) < 4.78 is 3.49. The van der Waals surface area contributed by atoms with Crippen molar-refractivity contribution in [2.45, 2.75) is 24.5 Å². The van der Waals surface area contributed by atoms with E-state index >= 15 is 0 Å². The van der Waals surface area contributed by atoms with E-state index in [4.69, 9.17) is 11.6 Å². The summed E-state index contributed by atoms with van der Waals surface area (Å²) in [5.41, 5.74) is 3.30. The Hall–Kier alpha value is -1.13. The minimum atomic E-state index is 0.0297. The van der Waals surface area contributed by atoms with E-state index in [1.807, 2.05) is 24.7 Å². The molecule has 19 heavy (non-hydrogen) atoms. The zero-order valence-electron chi connectivity index (χ0n) is 11.5. The first kappa shape index (κ1) is 14.3. The minimum absolute atomic E-state index is 0.0297. The lowest BCUT2D eigenvalue weighted by atomic mass is 10.2. The Kier molecular flexibility index (Phi) is 4.11. The average molecular weight is 297 g/mol. The predicted molar refractivity (Wildman–Crippen MR) is 81.1 cm³/mol. The second kappa shape index (κ2) is 5.47. The van der Waals surface area contributed by atoms with Crippen molar-refractivity contribution in [1.82, 2.24) is 9.36 Å². The van der Waals surface area contributed by atoms with Crippen molar-refractivity contribution in [3.8, 4) is 0 Å². The molecule has 0 aliphatic heterocycles. The van der Waals surface area contributed by atoms with Gasteiger partial charge in [-0.2, -0.15) is 0 Å². The molecule has 0 atom stereocenters. The molecule has 1 aromatic carbocycles. The summed E-state index contributed by atoms with van der Waals surface area (Å²) in [5, 5.41) is 0.800. The Morgan fingerprint density at radius 2 is 1.79 bits per heavy atom. The molecule has 1 aromatic heterocycles. The van der Waals surface area contributed by atoms with Crippen molar-refractivity contribution in [1.29, 1.82) is 0 Å². The lowest BCUT2D eigenvalue weighted by molar-refractivity contribution is 0.565. The van der Waals surface area contributed by atoms with Gasteiger partial charge in [0.05, 0.1) is 5.69 Å². The molecule has 0 N–H and O–H groups in total. The molecule has 102 valence electrons. The third-order valence-corrected chi connectivity index (χ3v) is 4.90. The molecule has 2 rings (SSSR count). The molecule has 5 heteroatoms. The van der Waals surface area contributed by atoms with E-state index < -0.39 is 0 Å². The number of benzene rings is 1. The fraction of sp³-hybridized carbons (Fsp3) is 0.357. The van der Waals surface area contributed by atoms with E-state index in [1.165, 1.54) is 10.5 Å². The van der Waals surface area contributed by atoms with Gasteiger partial charge in [0, 0.05) is 35.8 Å². The predicted octanol–water partition coefficient (Wildman–Crippen LogP) is 3.29. The van der Waals surface area contributed by atoms with Gasteiger partial charge in [0.1, 0.15) is 0 Å². The lowest BCUT2D eigenvalue weighted by Crippen LogP contribution is -2.16. The fourth-order valence-corrected chi connectivity index (χ4v) is 3.21. The normalized spacial score (nSPS) is 11.0. The van der Waals surface area contributed by atoms with E-state index in [0.717, 1.165) is 22.0 Å². The van der Waals surface area contributed by atoms with Gasteiger partial charge in [0.2, 0.25) is 0 Å². The van der Waals surface area contributed by atoms with Gasteiger partial charge in [-0.1, -0.05) is 11.6 Å². The van der Waals surface area contributed by atoms with Crippen LogP contribution in [0.5, 0.6) is 0 Å². The van der Waals surface area contributed by atoms with Crippen LogP contribution in [0.15, 0.2) is 27.9 Å². The lowest BCUT2D eigenvalue weighted by Gasteiger charge is -2.09. The number of hydrogen-bond acceptors (Lipinski definition) is 2. The maximum Gasteiger partial charge on any atom is 0.266 e. The van der Waals surface area contributed by atoms with Crippen LogP contribution in [-0.2, 0) is 19.8 Å². The first-order chi connectivity index (χ1) is 8.90.